The summed E-state index contributed by atoms with van der Waals surface area (Å²) in [6, 6.07) is 2.88. The Morgan fingerprint density at radius 2 is 1.77 bits per heavy atom. The summed E-state index contributed by atoms with van der Waals surface area (Å²) in [5.41, 5.74) is 0.881. The summed E-state index contributed by atoms with van der Waals surface area (Å²) in [6.45, 7) is -0.462. The zero-order valence-electron chi connectivity index (χ0n) is 7.32. The van der Waals surface area contributed by atoms with Gasteiger partial charge < -0.3 is 20.1 Å². The molecule has 0 aliphatic carbocycles. The van der Waals surface area contributed by atoms with E-state index in [4.69, 9.17) is 14.9 Å². The van der Waals surface area contributed by atoms with Crippen molar-refractivity contribution in [2.45, 2.75) is 13.2 Å². The fourth-order valence-corrected chi connectivity index (χ4v) is 1.09. The lowest BCUT2D eigenvalue weighted by Gasteiger charge is -2.09. The molecule has 4 nitrogen and oxygen atoms in total. The highest BCUT2D eigenvalue weighted by molar-refractivity contribution is 5.45. The molecule has 0 aliphatic heterocycles. The Bertz CT molecular complexity index is 296. The molecule has 0 unspecified atom stereocenters. The van der Waals surface area contributed by atoms with Crippen molar-refractivity contribution < 1.29 is 20.1 Å². The molecule has 0 spiro atoms. The van der Waals surface area contributed by atoms with Gasteiger partial charge in [0.2, 0.25) is 0 Å². The van der Waals surface area contributed by atoms with Crippen LogP contribution in [0.5, 0.6) is 11.5 Å². The van der Waals surface area contributed by atoms with Crippen molar-refractivity contribution in [1.29, 1.82) is 0 Å². The van der Waals surface area contributed by atoms with Gasteiger partial charge in [-0.15, -0.1) is 0 Å². The van der Waals surface area contributed by atoms with Crippen molar-refractivity contribution >= 4 is 0 Å². The van der Waals surface area contributed by atoms with Crippen LogP contribution in [0, 0.1) is 0 Å². The Morgan fingerprint density at radius 3 is 2.23 bits per heavy atom. The molecule has 0 amide bonds. The molecule has 1 aromatic carbocycles. The molecule has 0 saturated carbocycles. The number of phenols is 1. The first-order valence-electron chi connectivity index (χ1n) is 3.83. The Balaban J connectivity index is 3.18. The number of hydrogen-bond donors (Lipinski definition) is 3. The van der Waals surface area contributed by atoms with Crippen LogP contribution in [0.1, 0.15) is 11.1 Å². The van der Waals surface area contributed by atoms with E-state index in [2.05, 4.69) is 0 Å². The van der Waals surface area contributed by atoms with Crippen molar-refractivity contribution in [2.75, 3.05) is 7.11 Å². The molecule has 1 aromatic rings. The smallest absolute Gasteiger partial charge is 0.125 e. The van der Waals surface area contributed by atoms with E-state index in [9.17, 15) is 5.11 Å². The Morgan fingerprint density at radius 1 is 1.15 bits per heavy atom. The lowest BCUT2D eigenvalue weighted by Crippen LogP contribution is -1.94. The second kappa shape index (κ2) is 4.11. The van der Waals surface area contributed by atoms with Crippen LogP contribution >= 0.6 is 0 Å². The second-order valence-electron chi connectivity index (χ2n) is 2.61. The SMILES string of the molecule is COc1cc(CO)c(O)cc1CO. The van der Waals surface area contributed by atoms with Gasteiger partial charge in [-0.2, -0.15) is 0 Å². The number of benzene rings is 1. The summed E-state index contributed by atoms with van der Waals surface area (Å²) in [5, 5.41) is 27.0. The fourth-order valence-electron chi connectivity index (χ4n) is 1.09. The molecule has 0 aliphatic rings. The van der Waals surface area contributed by atoms with Gasteiger partial charge >= 0.3 is 0 Å². The van der Waals surface area contributed by atoms with E-state index in [-0.39, 0.29) is 19.0 Å². The van der Waals surface area contributed by atoms with E-state index in [1.807, 2.05) is 0 Å². The number of ether oxygens (including phenoxy) is 1. The first kappa shape index (κ1) is 9.83. The van der Waals surface area contributed by atoms with Crippen molar-refractivity contribution in [3.05, 3.63) is 23.3 Å². The maximum Gasteiger partial charge on any atom is 0.125 e. The lowest BCUT2D eigenvalue weighted by atomic mass is 10.1. The van der Waals surface area contributed by atoms with Crippen LogP contribution in [0.2, 0.25) is 0 Å². The van der Waals surface area contributed by atoms with Gasteiger partial charge in [-0.1, -0.05) is 0 Å². The Hall–Kier alpha value is -1.26. The molecule has 0 atom stereocenters. The molecule has 0 aromatic heterocycles. The van der Waals surface area contributed by atoms with Crippen LogP contribution in [0.25, 0.3) is 0 Å². The predicted molar refractivity (Wildman–Crippen MR) is 46.5 cm³/mol. The molecule has 0 heterocycles. The highest BCUT2D eigenvalue weighted by atomic mass is 16.5. The van der Waals surface area contributed by atoms with Gasteiger partial charge in [0, 0.05) is 11.1 Å². The zero-order chi connectivity index (χ0) is 9.84. The van der Waals surface area contributed by atoms with Crippen molar-refractivity contribution in [3.8, 4) is 11.5 Å². The summed E-state index contributed by atoms with van der Waals surface area (Å²) in [5.74, 6) is 0.428. The molecular weight excluding hydrogens is 172 g/mol. The van der Waals surface area contributed by atoms with Crippen LogP contribution < -0.4 is 4.74 Å². The molecule has 1 rings (SSSR count). The minimum absolute atomic E-state index is 0.0349. The van der Waals surface area contributed by atoms with Crippen molar-refractivity contribution in [3.63, 3.8) is 0 Å². The number of hydrogen-bond acceptors (Lipinski definition) is 4. The summed E-state index contributed by atoms with van der Waals surface area (Å²) >= 11 is 0. The van der Waals surface area contributed by atoms with Crippen LogP contribution in [-0.2, 0) is 13.2 Å². The second-order valence-corrected chi connectivity index (χ2v) is 2.61. The Labute approximate surface area is 76.0 Å². The third-order valence-electron chi connectivity index (χ3n) is 1.82. The molecule has 0 bridgehead atoms. The molecule has 0 saturated heterocycles. The minimum atomic E-state index is -0.256. The summed E-state index contributed by atoms with van der Waals surface area (Å²) in [7, 11) is 1.46. The van der Waals surface area contributed by atoms with E-state index < -0.39 is 0 Å². The number of aromatic hydroxyl groups is 1. The lowest BCUT2D eigenvalue weighted by molar-refractivity contribution is 0.266. The zero-order valence-corrected chi connectivity index (χ0v) is 7.32. The van der Waals surface area contributed by atoms with Crippen LogP contribution in [0.4, 0.5) is 0 Å². The van der Waals surface area contributed by atoms with Gasteiger partial charge in [0.1, 0.15) is 11.5 Å². The molecule has 72 valence electrons. The molecular formula is C9H12O4. The normalized spacial score (nSPS) is 10.1. The van der Waals surface area contributed by atoms with E-state index >= 15 is 0 Å². The summed E-state index contributed by atoms with van der Waals surface area (Å²) < 4.78 is 4.95. The standard InChI is InChI=1S/C9H12O4/c1-13-9-3-6(4-10)8(12)2-7(9)5-11/h2-3,10-12H,4-5H2,1H3. The van der Waals surface area contributed by atoms with Crippen molar-refractivity contribution in [1.82, 2.24) is 0 Å². The highest BCUT2D eigenvalue weighted by Crippen LogP contribution is 2.27. The van der Waals surface area contributed by atoms with E-state index in [1.54, 1.807) is 0 Å². The topological polar surface area (TPSA) is 69.9 Å². The third kappa shape index (κ3) is 1.91. The van der Waals surface area contributed by atoms with Crippen molar-refractivity contribution in [2.24, 2.45) is 0 Å². The van der Waals surface area contributed by atoms with Gasteiger partial charge in [-0.05, 0) is 12.1 Å². The molecule has 4 heteroatoms. The monoisotopic (exact) mass is 184 g/mol. The summed E-state index contributed by atoms with van der Waals surface area (Å²) in [6.07, 6.45) is 0. The number of aliphatic hydroxyl groups excluding tert-OH is 2. The largest absolute Gasteiger partial charge is 0.508 e. The molecule has 3 N–H and O–H groups in total. The number of aliphatic hydroxyl groups is 2. The van der Waals surface area contributed by atoms with Gasteiger partial charge in [-0.25, -0.2) is 0 Å². The minimum Gasteiger partial charge on any atom is -0.508 e. The van der Waals surface area contributed by atoms with Crippen LogP contribution in [0.15, 0.2) is 12.1 Å². The average Bonchev–Trinajstić information content (AvgIpc) is 2.17. The van der Waals surface area contributed by atoms with E-state index in [0.717, 1.165) is 0 Å². The highest BCUT2D eigenvalue weighted by Gasteiger charge is 2.07. The van der Waals surface area contributed by atoms with Gasteiger partial charge in [0.15, 0.2) is 0 Å². The van der Waals surface area contributed by atoms with Crippen LogP contribution in [-0.4, -0.2) is 22.4 Å². The first-order valence-corrected chi connectivity index (χ1v) is 3.83. The van der Waals surface area contributed by atoms with Gasteiger partial charge in [0.05, 0.1) is 20.3 Å². The predicted octanol–water partition coefficient (Wildman–Crippen LogP) is 0.385. The molecule has 0 fully saturated rings. The third-order valence-corrected chi connectivity index (χ3v) is 1.82. The molecule has 13 heavy (non-hydrogen) atoms. The Kier molecular flexibility index (Phi) is 3.11. The van der Waals surface area contributed by atoms with Gasteiger partial charge in [-0.3, -0.25) is 0 Å². The maximum atomic E-state index is 9.32. The quantitative estimate of drug-likeness (QED) is 0.635. The number of rotatable bonds is 3. The average molecular weight is 184 g/mol. The summed E-state index contributed by atoms with van der Waals surface area (Å²) in [4.78, 5) is 0. The fraction of sp³-hybridized carbons (Fsp3) is 0.333. The van der Waals surface area contributed by atoms with E-state index in [0.29, 0.717) is 16.9 Å². The molecule has 0 radical (unpaired) electrons. The van der Waals surface area contributed by atoms with Gasteiger partial charge in [0.25, 0.3) is 0 Å². The maximum absolute atomic E-state index is 9.32. The first-order chi connectivity index (χ1) is 6.22. The van der Waals surface area contributed by atoms with E-state index in [1.165, 1.54) is 19.2 Å². The number of methoxy groups -OCH3 is 1. The van der Waals surface area contributed by atoms with Crippen LogP contribution in [0.3, 0.4) is 0 Å².